The fraction of sp³-hybridized carbons (Fsp3) is 0.667. The van der Waals surface area contributed by atoms with E-state index in [1.165, 1.54) is 0 Å². The number of hydrogen-bond donors (Lipinski definition) is 0. The highest BCUT2D eigenvalue weighted by atomic mass is 16.6. The highest BCUT2D eigenvalue weighted by Gasteiger charge is 2.70. The molecule has 1 amide bonds. The monoisotopic (exact) mass is 390 g/mol. The second-order valence-corrected chi connectivity index (χ2v) is 8.61. The van der Waals surface area contributed by atoms with Crippen molar-refractivity contribution in [2.45, 2.75) is 47.1 Å². The Morgan fingerprint density at radius 1 is 1.25 bits per heavy atom. The van der Waals surface area contributed by atoms with E-state index in [1.54, 1.807) is 25.3 Å². The van der Waals surface area contributed by atoms with Crippen molar-refractivity contribution in [3.63, 3.8) is 0 Å². The number of aromatic nitrogens is 1. The molecule has 1 aromatic heterocycles. The predicted molar refractivity (Wildman–Crippen MR) is 103 cm³/mol. The van der Waals surface area contributed by atoms with Crippen LogP contribution in [-0.4, -0.2) is 54.4 Å². The van der Waals surface area contributed by atoms with Crippen LogP contribution in [0, 0.1) is 16.7 Å². The van der Waals surface area contributed by atoms with Crippen LogP contribution in [0.25, 0.3) is 0 Å². The summed E-state index contributed by atoms with van der Waals surface area (Å²) < 4.78 is 16.5. The van der Waals surface area contributed by atoms with Gasteiger partial charge in [-0.2, -0.15) is 0 Å². The summed E-state index contributed by atoms with van der Waals surface area (Å²) in [4.78, 5) is 30.6. The molecule has 3 atom stereocenters. The van der Waals surface area contributed by atoms with Gasteiger partial charge in [-0.3, -0.25) is 0 Å². The molecule has 2 heterocycles. The molecule has 0 bridgehead atoms. The van der Waals surface area contributed by atoms with Gasteiger partial charge in [0.05, 0.1) is 19.8 Å². The topological polar surface area (TPSA) is 78.0 Å². The molecular formula is C21H30N2O5. The quantitative estimate of drug-likeness (QED) is 0.692. The molecule has 0 aromatic carbocycles. The zero-order valence-electron chi connectivity index (χ0n) is 17.4. The first kappa shape index (κ1) is 20.4. The number of pyridine rings is 1. The average molecular weight is 390 g/mol. The van der Waals surface area contributed by atoms with Crippen molar-refractivity contribution in [3.05, 3.63) is 24.0 Å². The maximum atomic E-state index is 12.5. The van der Waals surface area contributed by atoms with Crippen LogP contribution in [0.2, 0.25) is 0 Å². The van der Waals surface area contributed by atoms with Crippen molar-refractivity contribution in [1.29, 1.82) is 0 Å². The average Bonchev–Trinajstić information content (AvgIpc) is 3.22. The number of hydrogen-bond acceptors (Lipinski definition) is 6. The Morgan fingerprint density at radius 2 is 1.96 bits per heavy atom. The van der Waals surface area contributed by atoms with Crippen LogP contribution in [0.4, 0.5) is 4.79 Å². The molecule has 7 heteroatoms. The third-order valence-corrected chi connectivity index (χ3v) is 5.61. The van der Waals surface area contributed by atoms with Crippen LogP contribution in [0.1, 0.15) is 51.5 Å². The predicted octanol–water partition coefficient (Wildman–Crippen LogP) is 3.53. The van der Waals surface area contributed by atoms with E-state index in [1.807, 2.05) is 11.8 Å². The number of rotatable bonds is 6. The van der Waals surface area contributed by atoms with Crippen molar-refractivity contribution < 1.29 is 23.8 Å². The van der Waals surface area contributed by atoms with Gasteiger partial charge in [0.1, 0.15) is 0 Å². The van der Waals surface area contributed by atoms with E-state index in [-0.39, 0.29) is 35.3 Å². The second-order valence-electron chi connectivity index (χ2n) is 8.61. The normalized spacial score (nSPS) is 25.8. The smallest absolute Gasteiger partial charge is 0.410 e. The number of piperidine rings is 1. The molecule has 1 saturated heterocycles. The number of esters is 1. The molecule has 1 saturated carbocycles. The van der Waals surface area contributed by atoms with Gasteiger partial charge in [-0.05, 0) is 43.7 Å². The number of ether oxygens (including phenoxy) is 3. The van der Waals surface area contributed by atoms with Crippen LogP contribution in [0.5, 0.6) is 5.75 Å². The molecule has 1 aliphatic heterocycles. The lowest BCUT2D eigenvalue weighted by Crippen LogP contribution is -2.50. The lowest BCUT2D eigenvalue weighted by molar-refractivity contribution is 0.0380. The van der Waals surface area contributed by atoms with Gasteiger partial charge in [0.2, 0.25) is 0 Å². The highest BCUT2D eigenvalue weighted by Crippen LogP contribution is 2.65. The summed E-state index contributed by atoms with van der Waals surface area (Å²) in [5.41, 5.74) is -0.0712. The maximum absolute atomic E-state index is 12.5. The Kier molecular flexibility index (Phi) is 5.55. The summed E-state index contributed by atoms with van der Waals surface area (Å²) in [6.45, 7) is 11.7. The standard InChI is InChI=1S/C21H30N2O5/c1-6-26-17(24)16-15(9-8-10-22-16)28-13-21-11-14(21)12-23(19(25)27-7-2)18(21)20(3,4)5/h8-10,14,18H,6-7,11-13H2,1-5H3. The number of carbonyl (C=O) groups is 2. The third-order valence-electron chi connectivity index (χ3n) is 5.61. The maximum Gasteiger partial charge on any atom is 0.410 e. The minimum Gasteiger partial charge on any atom is -0.490 e. The van der Waals surface area contributed by atoms with E-state index in [0.29, 0.717) is 31.4 Å². The zero-order chi connectivity index (χ0) is 20.5. The van der Waals surface area contributed by atoms with Crippen LogP contribution < -0.4 is 4.74 Å². The van der Waals surface area contributed by atoms with Crippen molar-refractivity contribution in [2.75, 3.05) is 26.4 Å². The Bertz CT molecular complexity index is 745. The Hall–Kier alpha value is -2.31. The first-order valence-electron chi connectivity index (χ1n) is 9.93. The molecule has 1 aliphatic carbocycles. The van der Waals surface area contributed by atoms with Crippen LogP contribution in [0.15, 0.2) is 18.3 Å². The van der Waals surface area contributed by atoms with E-state index in [2.05, 4.69) is 25.8 Å². The van der Waals surface area contributed by atoms with E-state index < -0.39 is 5.97 Å². The summed E-state index contributed by atoms with van der Waals surface area (Å²) in [5.74, 6) is 0.307. The number of amides is 1. The highest BCUT2D eigenvalue weighted by molar-refractivity contribution is 5.90. The molecule has 2 aliphatic rings. The number of fused-ring (bicyclic) bond motifs is 1. The molecule has 7 nitrogen and oxygen atoms in total. The first-order chi connectivity index (χ1) is 13.2. The number of nitrogens with zero attached hydrogens (tertiary/aromatic N) is 2. The van der Waals surface area contributed by atoms with Gasteiger partial charge < -0.3 is 19.1 Å². The number of likely N-dealkylation sites (tertiary alicyclic amines) is 1. The summed E-state index contributed by atoms with van der Waals surface area (Å²) in [6, 6.07) is 3.48. The van der Waals surface area contributed by atoms with Crippen molar-refractivity contribution >= 4 is 12.1 Å². The minimum atomic E-state index is -0.491. The first-order valence-corrected chi connectivity index (χ1v) is 9.93. The summed E-state index contributed by atoms with van der Waals surface area (Å²) in [6.07, 6.45) is 2.29. The van der Waals surface area contributed by atoms with E-state index >= 15 is 0 Å². The SMILES string of the molecule is CCOC(=O)c1ncccc1OCC12CC1CN(C(=O)OCC)C2C(C)(C)C. The van der Waals surface area contributed by atoms with Gasteiger partial charge in [-0.1, -0.05) is 20.8 Å². The third kappa shape index (κ3) is 3.66. The molecule has 28 heavy (non-hydrogen) atoms. The molecule has 0 N–H and O–H groups in total. The molecule has 2 fully saturated rings. The number of carbonyl (C=O) groups excluding carboxylic acids is 2. The molecule has 3 rings (SSSR count). The molecule has 0 radical (unpaired) electrons. The van der Waals surface area contributed by atoms with Gasteiger partial charge >= 0.3 is 12.1 Å². The molecule has 1 aromatic rings. The molecule has 3 unspecified atom stereocenters. The zero-order valence-corrected chi connectivity index (χ0v) is 17.4. The molecular weight excluding hydrogens is 360 g/mol. The lowest BCUT2D eigenvalue weighted by atomic mass is 9.77. The van der Waals surface area contributed by atoms with Crippen molar-refractivity contribution in [2.24, 2.45) is 16.7 Å². The summed E-state index contributed by atoms with van der Waals surface area (Å²) >= 11 is 0. The van der Waals surface area contributed by atoms with Crippen LogP contribution >= 0.6 is 0 Å². The minimum absolute atomic E-state index is 0.00626. The Morgan fingerprint density at radius 3 is 2.61 bits per heavy atom. The second kappa shape index (κ2) is 7.60. The van der Waals surface area contributed by atoms with Crippen molar-refractivity contribution in [3.8, 4) is 5.75 Å². The lowest BCUT2D eigenvalue weighted by Gasteiger charge is -2.40. The van der Waals surface area contributed by atoms with Crippen LogP contribution in [-0.2, 0) is 9.47 Å². The largest absolute Gasteiger partial charge is 0.490 e. The van der Waals surface area contributed by atoms with E-state index in [0.717, 1.165) is 6.42 Å². The van der Waals surface area contributed by atoms with Gasteiger partial charge in [-0.25, -0.2) is 14.6 Å². The van der Waals surface area contributed by atoms with Gasteiger partial charge in [0.15, 0.2) is 11.4 Å². The molecule has 0 spiro atoms. The van der Waals surface area contributed by atoms with Gasteiger partial charge in [-0.15, -0.1) is 0 Å². The fourth-order valence-corrected chi connectivity index (χ4v) is 4.68. The summed E-state index contributed by atoms with van der Waals surface area (Å²) in [7, 11) is 0. The van der Waals surface area contributed by atoms with Gasteiger partial charge in [0, 0.05) is 24.2 Å². The van der Waals surface area contributed by atoms with Gasteiger partial charge in [0.25, 0.3) is 0 Å². The Balaban J connectivity index is 1.80. The molecule has 154 valence electrons. The van der Waals surface area contributed by atoms with E-state index in [4.69, 9.17) is 14.2 Å². The fourth-order valence-electron chi connectivity index (χ4n) is 4.68. The Labute approximate surface area is 166 Å². The summed E-state index contributed by atoms with van der Waals surface area (Å²) in [5, 5.41) is 0. The van der Waals surface area contributed by atoms with Crippen LogP contribution in [0.3, 0.4) is 0 Å². The van der Waals surface area contributed by atoms with Crippen molar-refractivity contribution in [1.82, 2.24) is 9.88 Å². The van der Waals surface area contributed by atoms with E-state index in [9.17, 15) is 9.59 Å².